The molecule has 1 heterocycles. The van der Waals surface area contributed by atoms with E-state index in [0.717, 1.165) is 14.4 Å². The highest BCUT2D eigenvalue weighted by Gasteiger charge is 2.43. The van der Waals surface area contributed by atoms with Gasteiger partial charge in [-0.3, -0.25) is 0 Å². The van der Waals surface area contributed by atoms with Crippen molar-refractivity contribution in [3.05, 3.63) is 7.66 Å². The number of unbranched alkanes of at least 4 members (excludes halogenated alkanes) is 1. The minimum absolute atomic E-state index is 0.233. The van der Waals surface area contributed by atoms with Crippen LogP contribution in [0, 0.1) is 0 Å². The second-order valence-electron chi connectivity index (χ2n) is 5.02. The Hall–Kier alpha value is 1.04. The van der Waals surface area contributed by atoms with Gasteiger partial charge in [0.15, 0.2) is 5.79 Å². The molecule has 0 aromatic carbocycles. The minimum atomic E-state index is -0.674. The van der Waals surface area contributed by atoms with Crippen molar-refractivity contribution in [2.45, 2.75) is 57.7 Å². The van der Waals surface area contributed by atoms with E-state index in [9.17, 15) is 5.11 Å². The molecule has 1 aliphatic rings. The number of rotatable bonds is 7. The molecule has 0 bridgehead atoms. The van der Waals surface area contributed by atoms with Gasteiger partial charge in [-0.15, -0.1) is 0 Å². The highest BCUT2D eigenvalue weighted by molar-refractivity contribution is 14.2. The Balaban J connectivity index is 2.54. The molecule has 0 aromatic heterocycles. The molecule has 0 radical (unpaired) electrons. The van der Waals surface area contributed by atoms with Gasteiger partial charge in [0, 0.05) is 6.61 Å². The molecule has 1 rings (SSSR count). The Kier molecular flexibility index (Phi) is 8.07. The average Bonchev–Trinajstić information content (AvgIpc) is 2.59. The van der Waals surface area contributed by atoms with Gasteiger partial charge in [-0.2, -0.15) is 0 Å². The van der Waals surface area contributed by atoms with Gasteiger partial charge < -0.3 is 19.3 Å². The summed E-state index contributed by atoms with van der Waals surface area (Å²) in [5, 5.41) is 10.2. The van der Waals surface area contributed by atoms with Gasteiger partial charge in [-0.25, -0.2) is 0 Å². The molecule has 0 saturated carbocycles. The maximum Gasteiger partial charge on any atom is 0.164 e. The first-order valence-corrected chi connectivity index (χ1v) is 8.65. The van der Waals surface area contributed by atoms with E-state index in [0.29, 0.717) is 6.61 Å². The third-order valence-corrected chi connectivity index (χ3v) is 3.48. The molecule has 6 heteroatoms. The monoisotopic (exact) mass is 496 g/mol. The molecule has 0 spiro atoms. The molecular weight excluding hydrogens is 474 g/mol. The largest absolute Gasteiger partial charge is 0.388 e. The first-order valence-electron chi connectivity index (χ1n) is 6.50. The zero-order chi connectivity index (χ0) is 14.5. The highest BCUT2D eigenvalue weighted by atomic mass is 127. The van der Waals surface area contributed by atoms with E-state index in [4.69, 9.17) is 14.2 Å². The summed E-state index contributed by atoms with van der Waals surface area (Å²) in [7, 11) is 0. The standard InChI is InChI=1S/C13H22I2O4/c1-4-5-6-17-8-9(16)12-10(7-11(14)15)18-13(2,3)19-12/h7,9-10,12,16H,4-6,8H2,1-3H3/t9?,10-,12+/m0/s1. The van der Waals surface area contributed by atoms with Gasteiger partial charge in [0.1, 0.15) is 18.3 Å². The maximum absolute atomic E-state index is 10.2. The molecular formula is C13H22I2O4. The number of halogens is 2. The Labute approximate surface area is 142 Å². The molecule has 0 aromatic rings. The molecule has 1 N–H and O–H groups in total. The van der Waals surface area contributed by atoms with Crippen molar-refractivity contribution in [3.8, 4) is 0 Å². The zero-order valence-corrected chi connectivity index (χ0v) is 15.9. The average molecular weight is 496 g/mol. The number of aliphatic hydroxyl groups excluding tert-OH is 1. The number of hydrogen-bond donors (Lipinski definition) is 1. The first kappa shape index (κ1) is 18.1. The fraction of sp³-hybridized carbons (Fsp3) is 0.846. The van der Waals surface area contributed by atoms with Crippen molar-refractivity contribution in [2.75, 3.05) is 13.2 Å². The lowest BCUT2D eigenvalue weighted by Gasteiger charge is -2.21. The Morgan fingerprint density at radius 3 is 2.68 bits per heavy atom. The second-order valence-corrected chi connectivity index (χ2v) is 9.41. The number of ether oxygens (including phenoxy) is 3. The van der Waals surface area contributed by atoms with Crippen molar-refractivity contribution < 1.29 is 19.3 Å². The predicted octanol–water partition coefficient (Wildman–Crippen LogP) is 3.40. The van der Waals surface area contributed by atoms with E-state index in [1.165, 1.54) is 0 Å². The van der Waals surface area contributed by atoms with Crippen molar-refractivity contribution >= 4 is 45.2 Å². The summed E-state index contributed by atoms with van der Waals surface area (Å²) in [5.41, 5.74) is 0. The van der Waals surface area contributed by atoms with Crippen LogP contribution < -0.4 is 0 Å². The van der Waals surface area contributed by atoms with E-state index < -0.39 is 11.9 Å². The van der Waals surface area contributed by atoms with Crippen LogP contribution in [0.4, 0.5) is 0 Å². The van der Waals surface area contributed by atoms with Crippen molar-refractivity contribution in [2.24, 2.45) is 0 Å². The van der Waals surface area contributed by atoms with Crippen LogP contribution in [0.5, 0.6) is 0 Å². The summed E-state index contributed by atoms with van der Waals surface area (Å²) >= 11 is 4.43. The van der Waals surface area contributed by atoms with Crippen LogP contribution in [0.2, 0.25) is 0 Å². The highest BCUT2D eigenvalue weighted by Crippen LogP contribution is 2.33. The van der Waals surface area contributed by atoms with Crippen LogP contribution in [0.1, 0.15) is 33.6 Å². The van der Waals surface area contributed by atoms with Crippen LogP contribution in [0.25, 0.3) is 0 Å². The molecule has 19 heavy (non-hydrogen) atoms. The van der Waals surface area contributed by atoms with Crippen LogP contribution in [-0.4, -0.2) is 42.4 Å². The van der Waals surface area contributed by atoms with Crippen LogP contribution in [-0.2, 0) is 14.2 Å². The van der Waals surface area contributed by atoms with Gasteiger partial charge >= 0.3 is 0 Å². The van der Waals surface area contributed by atoms with Crippen LogP contribution in [0.3, 0.4) is 0 Å². The fourth-order valence-corrected chi connectivity index (χ4v) is 2.62. The summed E-state index contributed by atoms with van der Waals surface area (Å²) in [6.07, 6.45) is 2.78. The second kappa shape index (κ2) is 8.47. The fourth-order valence-electron chi connectivity index (χ4n) is 1.91. The summed E-state index contributed by atoms with van der Waals surface area (Å²) in [5.74, 6) is -0.668. The molecule has 1 unspecified atom stereocenters. The Bertz CT molecular complexity index is 303. The molecule has 1 saturated heterocycles. The van der Waals surface area contributed by atoms with E-state index in [2.05, 4.69) is 52.1 Å². The molecule has 0 amide bonds. The van der Waals surface area contributed by atoms with Crippen molar-refractivity contribution in [1.82, 2.24) is 0 Å². The molecule has 1 aliphatic heterocycles. The topological polar surface area (TPSA) is 47.9 Å². The van der Waals surface area contributed by atoms with Crippen molar-refractivity contribution in [3.63, 3.8) is 0 Å². The lowest BCUT2D eigenvalue weighted by Crippen LogP contribution is -2.38. The molecule has 4 nitrogen and oxygen atoms in total. The van der Waals surface area contributed by atoms with Crippen molar-refractivity contribution in [1.29, 1.82) is 0 Å². The predicted molar refractivity (Wildman–Crippen MR) is 91.7 cm³/mol. The normalized spacial score (nSPS) is 27.3. The van der Waals surface area contributed by atoms with Gasteiger partial charge in [-0.05, 0) is 71.5 Å². The summed E-state index contributed by atoms with van der Waals surface area (Å²) in [6.45, 7) is 6.79. The van der Waals surface area contributed by atoms with Crippen LogP contribution >= 0.6 is 45.2 Å². The van der Waals surface area contributed by atoms with Gasteiger partial charge in [0.05, 0.1) is 8.19 Å². The molecule has 1 fully saturated rings. The first-order chi connectivity index (χ1) is 8.85. The minimum Gasteiger partial charge on any atom is -0.388 e. The Morgan fingerprint density at radius 1 is 1.42 bits per heavy atom. The third kappa shape index (κ3) is 6.56. The lowest BCUT2D eigenvalue weighted by atomic mass is 10.1. The summed E-state index contributed by atoms with van der Waals surface area (Å²) < 4.78 is 18.1. The summed E-state index contributed by atoms with van der Waals surface area (Å²) in [4.78, 5) is 0. The van der Waals surface area contributed by atoms with Gasteiger partial charge in [0.2, 0.25) is 0 Å². The number of aliphatic hydroxyl groups is 1. The molecule has 3 atom stereocenters. The molecule has 0 aliphatic carbocycles. The zero-order valence-electron chi connectivity index (χ0n) is 11.6. The van der Waals surface area contributed by atoms with E-state index >= 15 is 0 Å². The van der Waals surface area contributed by atoms with Crippen LogP contribution in [0.15, 0.2) is 7.66 Å². The Morgan fingerprint density at radius 2 is 2.11 bits per heavy atom. The quantitative estimate of drug-likeness (QED) is 0.434. The van der Waals surface area contributed by atoms with E-state index in [-0.39, 0.29) is 18.8 Å². The lowest BCUT2D eigenvalue weighted by molar-refractivity contribution is -0.157. The number of hydrogen-bond acceptors (Lipinski definition) is 4. The van der Waals surface area contributed by atoms with E-state index in [1.54, 1.807) is 0 Å². The van der Waals surface area contributed by atoms with Gasteiger partial charge in [-0.1, -0.05) is 13.3 Å². The molecule has 112 valence electrons. The third-order valence-electron chi connectivity index (χ3n) is 2.76. The maximum atomic E-state index is 10.2. The van der Waals surface area contributed by atoms with E-state index in [1.807, 2.05) is 19.9 Å². The van der Waals surface area contributed by atoms with Gasteiger partial charge in [0.25, 0.3) is 0 Å². The summed E-state index contributed by atoms with van der Waals surface area (Å²) in [6, 6.07) is 0. The smallest absolute Gasteiger partial charge is 0.164 e. The SMILES string of the molecule is CCCCOCC(O)[C@H]1OC(C)(C)O[C@H]1C=C(I)I.